The summed E-state index contributed by atoms with van der Waals surface area (Å²) in [5.41, 5.74) is -5.22. The molecule has 0 heterocycles. The molecule has 0 fully saturated rings. The van der Waals surface area contributed by atoms with Crippen molar-refractivity contribution in [3.05, 3.63) is 70.8 Å². The topological polar surface area (TPSA) is 50.1 Å². The normalized spacial score (nSPS) is 12.3. The van der Waals surface area contributed by atoms with E-state index in [1.54, 1.807) is 6.07 Å². The average molecular weight is 415 g/mol. The standard InChI is InChI=1S/C20H15F6NO2/c1-29-17(28)18(12-27,10-13-6-2-4-8-15(13)19(21,22)23)11-14-7-3-5-9-16(14)20(24,25)26/h2-9H,10-11H2,1H3. The molecule has 0 aromatic heterocycles. The molecule has 2 rings (SSSR count). The Kier molecular flexibility index (Phi) is 6.26. The van der Waals surface area contributed by atoms with Gasteiger partial charge in [0.2, 0.25) is 0 Å². The number of carbonyl (C=O) groups is 1. The number of ether oxygens (including phenoxy) is 1. The van der Waals surface area contributed by atoms with E-state index in [-0.39, 0.29) is 0 Å². The van der Waals surface area contributed by atoms with Gasteiger partial charge < -0.3 is 4.74 Å². The molecule has 0 N–H and O–H groups in total. The molecule has 0 bridgehead atoms. The van der Waals surface area contributed by atoms with Gasteiger partial charge in [-0.3, -0.25) is 4.79 Å². The number of benzene rings is 2. The smallest absolute Gasteiger partial charge is 0.416 e. The summed E-state index contributed by atoms with van der Waals surface area (Å²) in [6, 6.07) is 10.2. The SMILES string of the molecule is COC(=O)C(C#N)(Cc1ccccc1C(F)(F)F)Cc1ccccc1C(F)(F)F. The zero-order valence-electron chi connectivity index (χ0n) is 15.1. The van der Waals surface area contributed by atoms with Crippen molar-refractivity contribution in [2.45, 2.75) is 25.2 Å². The molecule has 3 nitrogen and oxygen atoms in total. The van der Waals surface area contributed by atoms with E-state index < -0.39 is 58.8 Å². The molecular formula is C20H15F6NO2. The summed E-state index contributed by atoms with van der Waals surface area (Å²) in [6.45, 7) is 0. The number of carbonyl (C=O) groups excluding carboxylic acids is 1. The number of halogens is 6. The molecule has 154 valence electrons. The van der Waals surface area contributed by atoms with Crippen LogP contribution in [0.1, 0.15) is 22.3 Å². The summed E-state index contributed by atoms with van der Waals surface area (Å²) in [7, 11) is 0.916. The highest BCUT2D eigenvalue weighted by Gasteiger charge is 2.45. The van der Waals surface area contributed by atoms with Crippen LogP contribution in [-0.4, -0.2) is 13.1 Å². The fraction of sp³-hybridized carbons (Fsp3) is 0.300. The number of nitrogens with zero attached hydrogens (tertiary/aromatic N) is 1. The predicted molar refractivity (Wildman–Crippen MR) is 90.4 cm³/mol. The Bertz CT molecular complexity index is 868. The van der Waals surface area contributed by atoms with Crippen molar-refractivity contribution < 1.29 is 35.9 Å². The Morgan fingerprint density at radius 1 is 0.862 bits per heavy atom. The highest BCUT2D eigenvalue weighted by Crippen LogP contribution is 2.39. The maximum atomic E-state index is 13.3. The van der Waals surface area contributed by atoms with Crippen LogP contribution in [-0.2, 0) is 34.7 Å². The molecule has 0 aliphatic rings. The molecule has 29 heavy (non-hydrogen) atoms. The van der Waals surface area contributed by atoms with E-state index in [2.05, 4.69) is 4.74 Å². The molecular weight excluding hydrogens is 400 g/mol. The van der Waals surface area contributed by atoms with E-state index in [1.165, 1.54) is 12.1 Å². The minimum atomic E-state index is -4.77. The Labute approximate surface area is 162 Å². The van der Waals surface area contributed by atoms with Crippen LogP contribution < -0.4 is 0 Å². The highest BCUT2D eigenvalue weighted by atomic mass is 19.4. The molecule has 0 unspecified atom stereocenters. The second-order valence-electron chi connectivity index (χ2n) is 6.35. The molecule has 0 saturated heterocycles. The average Bonchev–Trinajstić information content (AvgIpc) is 2.66. The van der Waals surface area contributed by atoms with Crippen LogP contribution in [0.15, 0.2) is 48.5 Å². The Balaban J connectivity index is 2.59. The lowest BCUT2D eigenvalue weighted by atomic mass is 9.76. The summed E-state index contributed by atoms with van der Waals surface area (Å²) in [5.74, 6) is -1.21. The van der Waals surface area contributed by atoms with Crippen LogP contribution in [0.3, 0.4) is 0 Å². The zero-order chi connectivity index (χ0) is 21.9. The maximum absolute atomic E-state index is 13.3. The van der Waals surface area contributed by atoms with Crippen LogP contribution in [0.2, 0.25) is 0 Å². The van der Waals surface area contributed by atoms with Crippen molar-refractivity contribution >= 4 is 5.97 Å². The number of hydrogen-bond donors (Lipinski definition) is 0. The van der Waals surface area contributed by atoms with Crippen LogP contribution in [0, 0.1) is 16.7 Å². The van der Waals surface area contributed by atoms with E-state index >= 15 is 0 Å². The molecule has 9 heteroatoms. The molecule has 0 atom stereocenters. The summed E-state index contributed by atoms with van der Waals surface area (Å²) in [6.07, 6.45) is -11.1. The monoisotopic (exact) mass is 415 g/mol. The first-order valence-corrected chi connectivity index (χ1v) is 8.24. The van der Waals surface area contributed by atoms with Gasteiger partial charge >= 0.3 is 18.3 Å². The van der Waals surface area contributed by atoms with Gasteiger partial charge in [-0.25, -0.2) is 0 Å². The Hall–Kier alpha value is -3.02. The molecule has 0 aliphatic carbocycles. The first-order valence-electron chi connectivity index (χ1n) is 8.24. The molecule has 0 amide bonds. The zero-order valence-corrected chi connectivity index (χ0v) is 15.1. The molecule has 0 radical (unpaired) electrons. The van der Waals surface area contributed by atoms with E-state index in [9.17, 15) is 36.4 Å². The minimum absolute atomic E-state index is 0.392. The fourth-order valence-corrected chi connectivity index (χ4v) is 3.08. The molecule has 2 aromatic carbocycles. The minimum Gasteiger partial charge on any atom is -0.468 e. The van der Waals surface area contributed by atoms with Gasteiger partial charge in [-0.1, -0.05) is 36.4 Å². The van der Waals surface area contributed by atoms with Gasteiger partial charge in [0, 0.05) is 12.8 Å². The second kappa shape index (κ2) is 8.15. The third kappa shape index (κ3) is 4.88. The van der Waals surface area contributed by atoms with Gasteiger partial charge in [-0.05, 0) is 23.3 Å². The van der Waals surface area contributed by atoms with E-state index in [0.29, 0.717) is 0 Å². The quantitative estimate of drug-likeness (QED) is 0.499. The van der Waals surface area contributed by atoms with Crippen molar-refractivity contribution in [2.75, 3.05) is 7.11 Å². The third-order valence-corrected chi connectivity index (χ3v) is 4.42. The lowest BCUT2D eigenvalue weighted by molar-refractivity contribution is -0.150. The van der Waals surface area contributed by atoms with Gasteiger partial charge in [-0.2, -0.15) is 31.6 Å². The van der Waals surface area contributed by atoms with Crippen LogP contribution in [0.25, 0.3) is 0 Å². The van der Waals surface area contributed by atoms with Crippen LogP contribution in [0.5, 0.6) is 0 Å². The van der Waals surface area contributed by atoms with Crippen LogP contribution >= 0.6 is 0 Å². The van der Waals surface area contributed by atoms with Gasteiger partial charge in [-0.15, -0.1) is 0 Å². The predicted octanol–water partition coefficient (Wildman–Crippen LogP) is 5.19. The largest absolute Gasteiger partial charge is 0.468 e. The fourth-order valence-electron chi connectivity index (χ4n) is 3.08. The second-order valence-corrected chi connectivity index (χ2v) is 6.35. The highest BCUT2D eigenvalue weighted by molar-refractivity contribution is 5.81. The van der Waals surface area contributed by atoms with Gasteiger partial charge in [0.1, 0.15) is 0 Å². The summed E-state index contributed by atoms with van der Waals surface area (Å²) in [5, 5.41) is 9.67. The van der Waals surface area contributed by atoms with E-state index in [4.69, 9.17) is 0 Å². The number of alkyl halides is 6. The Morgan fingerprint density at radius 3 is 1.55 bits per heavy atom. The van der Waals surface area contributed by atoms with Crippen molar-refractivity contribution in [2.24, 2.45) is 5.41 Å². The van der Waals surface area contributed by atoms with Crippen LogP contribution in [0.4, 0.5) is 26.3 Å². The van der Waals surface area contributed by atoms with Crippen molar-refractivity contribution in [1.82, 2.24) is 0 Å². The van der Waals surface area contributed by atoms with Crippen molar-refractivity contribution in [3.63, 3.8) is 0 Å². The lowest BCUT2D eigenvalue weighted by Gasteiger charge is -2.26. The number of hydrogen-bond acceptors (Lipinski definition) is 3. The maximum Gasteiger partial charge on any atom is 0.416 e. The molecule has 0 aliphatic heterocycles. The van der Waals surface area contributed by atoms with Crippen molar-refractivity contribution in [3.8, 4) is 6.07 Å². The number of nitriles is 1. The van der Waals surface area contributed by atoms with Gasteiger partial charge in [0.25, 0.3) is 0 Å². The molecule has 2 aromatic rings. The van der Waals surface area contributed by atoms with E-state index in [1.807, 2.05) is 0 Å². The summed E-state index contributed by atoms with van der Waals surface area (Å²) in [4.78, 5) is 12.4. The van der Waals surface area contributed by atoms with Gasteiger partial charge in [0.15, 0.2) is 5.41 Å². The van der Waals surface area contributed by atoms with E-state index in [0.717, 1.165) is 43.5 Å². The third-order valence-electron chi connectivity index (χ3n) is 4.42. The summed E-state index contributed by atoms with van der Waals surface area (Å²) >= 11 is 0. The first-order chi connectivity index (χ1) is 13.4. The number of esters is 1. The number of methoxy groups -OCH3 is 1. The Morgan fingerprint density at radius 2 is 1.24 bits per heavy atom. The molecule has 0 spiro atoms. The molecule has 0 saturated carbocycles. The first kappa shape index (κ1) is 22.3. The van der Waals surface area contributed by atoms with Crippen molar-refractivity contribution in [1.29, 1.82) is 5.26 Å². The summed E-state index contributed by atoms with van der Waals surface area (Å²) < 4.78 is 84.4. The lowest BCUT2D eigenvalue weighted by Crippen LogP contribution is -2.36. The van der Waals surface area contributed by atoms with Gasteiger partial charge in [0.05, 0.1) is 24.3 Å². The number of rotatable bonds is 5.